The fourth-order valence-corrected chi connectivity index (χ4v) is 2.92. The zero-order valence-corrected chi connectivity index (χ0v) is 18.0. The fourth-order valence-electron chi connectivity index (χ4n) is 2.92. The van der Waals surface area contributed by atoms with Crippen LogP contribution in [0.4, 0.5) is 5.69 Å². The minimum atomic E-state index is -0.407. The van der Waals surface area contributed by atoms with E-state index in [1.165, 1.54) is 6.07 Å². The number of hydrogen-bond donors (Lipinski definition) is 0. The van der Waals surface area contributed by atoms with Gasteiger partial charge in [-0.05, 0) is 31.4 Å². The normalized spacial score (nSPS) is 12.0. The number of benzene rings is 1. The maximum absolute atomic E-state index is 11.8. The summed E-state index contributed by atoms with van der Waals surface area (Å²) in [6, 6.07) is 7.15. The van der Waals surface area contributed by atoms with Crippen molar-refractivity contribution < 1.29 is 18.7 Å². The van der Waals surface area contributed by atoms with Gasteiger partial charge in [-0.15, -0.1) is 0 Å². The first-order chi connectivity index (χ1) is 13.9. The van der Waals surface area contributed by atoms with Crippen LogP contribution in [-0.2, 0) is 9.53 Å². The molecule has 0 aliphatic carbocycles. The third kappa shape index (κ3) is 7.11. The molecule has 1 aromatic carbocycles. The predicted octanol–water partition coefficient (Wildman–Crippen LogP) is 4.78. The molecule has 0 aliphatic rings. The second-order valence-corrected chi connectivity index (χ2v) is 7.60. The van der Waals surface area contributed by atoms with Crippen molar-refractivity contribution in [1.29, 1.82) is 0 Å². The number of carbonyl (C=O) groups is 1. The van der Waals surface area contributed by atoms with Crippen LogP contribution in [-0.4, -0.2) is 33.3 Å². The van der Waals surface area contributed by atoms with Gasteiger partial charge in [0.15, 0.2) is 0 Å². The van der Waals surface area contributed by atoms with Gasteiger partial charge < -0.3 is 18.8 Å². The highest BCUT2D eigenvalue weighted by atomic mass is 16.5. The molecule has 0 radical (unpaired) electrons. The van der Waals surface area contributed by atoms with Crippen LogP contribution in [0.5, 0.6) is 5.75 Å². The Balaban J connectivity index is 1.71. The Kier molecular flexibility index (Phi) is 9.03. The van der Waals surface area contributed by atoms with Crippen molar-refractivity contribution in [3.8, 4) is 5.75 Å². The minimum Gasteiger partial charge on any atom is -0.493 e. The molecule has 1 unspecified atom stereocenters. The lowest BCUT2D eigenvalue weighted by atomic mass is 10.1. The molecule has 1 heterocycles. The monoisotopic (exact) mass is 403 g/mol. The smallest absolute Gasteiger partial charge is 0.339 e. The van der Waals surface area contributed by atoms with Gasteiger partial charge >= 0.3 is 11.6 Å². The van der Waals surface area contributed by atoms with Crippen LogP contribution in [0.3, 0.4) is 0 Å². The average molecular weight is 404 g/mol. The maximum Gasteiger partial charge on any atom is 0.339 e. The van der Waals surface area contributed by atoms with Crippen molar-refractivity contribution in [2.24, 2.45) is 5.92 Å². The number of ether oxygens (including phenoxy) is 2. The molecule has 1 atom stereocenters. The molecule has 0 saturated heterocycles. The highest BCUT2D eigenvalue weighted by Gasteiger charge is 2.11. The van der Waals surface area contributed by atoms with Crippen LogP contribution in [0.15, 0.2) is 33.5 Å². The van der Waals surface area contributed by atoms with E-state index in [0.717, 1.165) is 49.6 Å². The maximum atomic E-state index is 11.8. The number of carbonyl (C=O) groups excluding carboxylic acids is 1. The first-order valence-electron chi connectivity index (χ1n) is 10.5. The lowest BCUT2D eigenvalue weighted by Gasteiger charge is -2.13. The summed E-state index contributed by atoms with van der Waals surface area (Å²) in [4.78, 5) is 25.4. The van der Waals surface area contributed by atoms with Crippen molar-refractivity contribution in [3.05, 3.63) is 34.7 Å². The predicted molar refractivity (Wildman–Crippen MR) is 116 cm³/mol. The van der Waals surface area contributed by atoms with Crippen molar-refractivity contribution in [2.45, 2.75) is 52.4 Å². The Morgan fingerprint density at radius 3 is 2.45 bits per heavy atom. The van der Waals surface area contributed by atoms with Gasteiger partial charge in [0.2, 0.25) is 0 Å². The average Bonchev–Trinajstić information content (AvgIpc) is 2.70. The van der Waals surface area contributed by atoms with Crippen molar-refractivity contribution >= 4 is 22.6 Å². The van der Waals surface area contributed by atoms with Crippen LogP contribution in [0.1, 0.15) is 52.4 Å². The van der Waals surface area contributed by atoms with Crippen LogP contribution in [0.2, 0.25) is 0 Å². The van der Waals surface area contributed by atoms with Crippen LogP contribution < -0.4 is 15.3 Å². The number of fused-ring (bicyclic) bond motifs is 1. The zero-order chi connectivity index (χ0) is 21.2. The van der Waals surface area contributed by atoms with Crippen LogP contribution in [0.25, 0.3) is 11.0 Å². The molecule has 6 heteroatoms. The second kappa shape index (κ2) is 11.5. The van der Waals surface area contributed by atoms with E-state index >= 15 is 0 Å². The molecule has 0 fully saturated rings. The summed E-state index contributed by atoms with van der Waals surface area (Å²) < 4.78 is 16.4. The molecule has 2 rings (SSSR count). The number of rotatable bonds is 12. The van der Waals surface area contributed by atoms with Crippen molar-refractivity contribution in [3.63, 3.8) is 0 Å². The summed E-state index contributed by atoms with van der Waals surface area (Å²) >= 11 is 0. The third-order valence-electron chi connectivity index (χ3n) is 5.01. The lowest BCUT2D eigenvalue weighted by Crippen LogP contribution is -2.14. The van der Waals surface area contributed by atoms with E-state index in [1.54, 1.807) is 0 Å². The largest absolute Gasteiger partial charge is 0.493 e. The van der Waals surface area contributed by atoms with E-state index in [-0.39, 0.29) is 11.9 Å². The number of anilines is 1. The number of hydrogen-bond acceptors (Lipinski definition) is 6. The van der Waals surface area contributed by atoms with Crippen molar-refractivity contribution in [1.82, 2.24) is 0 Å². The van der Waals surface area contributed by atoms with E-state index in [1.807, 2.05) is 51.0 Å². The highest BCUT2D eigenvalue weighted by molar-refractivity contribution is 5.86. The summed E-state index contributed by atoms with van der Waals surface area (Å²) in [7, 11) is 3.88. The van der Waals surface area contributed by atoms with Gasteiger partial charge in [-0.2, -0.15) is 0 Å². The standard InChI is InChI=1S/C23H33NO5/c1-5-17(2)23(26)28-14-10-8-6-7-9-13-27-20-16-22(25)29-21-15-18(24(3)4)11-12-19(20)21/h11-12,15-17H,5-10,13-14H2,1-4H3. The molecule has 1 aromatic heterocycles. The van der Waals surface area contributed by atoms with Gasteiger partial charge in [0.05, 0.1) is 30.6 Å². The SMILES string of the molecule is CCC(C)C(=O)OCCCCCCCOc1cc(=O)oc2cc(N(C)C)ccc12. The first-order valence-corrected chi connectivity index (χ1v) is 10.5. The van der Waals surface area contributed by atoms with Crippen molar-refractivity contribution in [2.75, 3.05) is 32.2 Å². The topological polar surface area (TPSA) is 69.0 Å². The second-order valence-electron chi connectivity index (χ2n) is 7.60. The Bertz CT molecular complexity index is 843. The zero-order valence-electron chi connectivity index (χ0n) is 18.0. The molecule has 6 nitrogen and oxygen atoms in total. The van der Waals surface area contributed by atoms with Gasteiger partial charge in [-0.3, -0.25) is 4.79 Å². The molecule has 0 aliphatic heterocycles. The molecule has 160 valence electrons. The van der Waals surface area contributed by atoms with Gasteiger partial charge in [0.25, 0.3) is 0 Å². The Morgan fingerprint density at radius 2 is 1.76 bits per heavy atom. The Labute approximate surface area is 172 Å². The quantitative estimate of drug-likeness (QED) is 0.289. The number of nitrogens with zero attached hydrogens (tertiary/aromatic N) is 1. The van der Waals surface area contributed by atoms with Gasteiger partial charge in [0, 0.05) is 25.8 Å². The minimum absolute atomic E-state index is 0.0156. The molecule has 0 amide bonds. The molecular formula is C23H33NO5. The molecule has 2 aromatic rings. The van der Waals surface area contributed by atoms with Gasteiger partial charge in [-0.25, -0.2) is 4.79 Å². The van der Waals surface area contributed by atoms with Gasteiger partial charge in [0.1, 0.15) is 11.3 Å². The Hall–Kier alpha value is -2.50. The van der Waals surface area contributed by atoms with E-state index < -0.39 is 5.63 Å². The molecule has 0 spiro atoms. The third-order valence-corrected chi connectivity index (χ3v) is 5.01. The number of esters is 1. The van der Waals surface area contributed by atoms with Gasteiger partial charge in [-0.1, -0.05) is 33.1 Å². The summed E-state index contributed by atoms with van der Waals surface area (Å²) in [6.45, 7) is 4.93. The molecule has 0 N–H and O–H groups in total. The van der Waals surface area contributed by atoms with Crippen LogP contribution in [0, 0.1) is 5.92 Å². The highest BCUT2D eigenvalue weighted by Crippen LogP contribution is 2.27. The summed E-state index contributed by atoms with van der Waals surface area (Å²) in [5, 5.41) is 0.804. The number of unbranched alkanes of at least 4 members (excludes halogenated alkanes) is 4. The molecule has 0 bridgehead atoms. The summed E-state index contributed by atoms with van der Waals surface area (Å²) in [5.74, 6) is 0.454. The molecular weight excluding hydrogens is 370 g/mol. The Morgan fingerprint density at radius 1 is 1.07 bits per heavy atom. The van der Waals surface area contributed by atoms with E-state index in [0.29, 0.717) is 24.5 Å². The summed E-state index contributed by atoms with van der Waals surface area (Å²) in [5.41, 5.74) is 1.09. The first kappa shape index (κ1) is 22.8. The molecule has 0 saturated carbocycles. The van der Waals surface area contributed by atoms with E-state index in [9.17, 15) is 9.59 Å². The molecule has 29 heavy (non-hydrogen) atoms. The fraction of sp³-hybridized carbons (Fsp3) is 0.565. The van der Waals surface area contributed by atoms with E-state index in [4.69, 9.17) is 13.9 Å². The van der Waals surface area contributed by atoms with Crippen LogP contribution >= 0.6 is 0 Å². The summed E-state index contributed by atoms with van der Waals surface area (Å²) in [6.07, 6.45) is 5.73. The van der Waals surface area contributed by atoms with E-state index in [2.05, 4.69) is 0 Å². The lowest BCUT2D eigenvalue weighted by molar-refractivity contribution is -0.148.